The first-order chi connectivity index (χ1) is 9.53. The van der Waals surface area contributed by atoms with Gasteiger partial charge in [0, 0.05) is 17.7 Å². The number of esters is 1. The molecule has 6 nitrogen and oxygen atoms in total. The van der Waals surface area contributed by atoms with Gasteiger partial charge >= 0.3 is 5.97 Å². The monoisotopic (exact) mass is 297 g/mol. The third kappa shape index (κ3) is 2.69. The Hall–Kier alpha value is -1.08. The summed E-state index contributed by atoms with van der Waals surface area (Å²) in [6.45, 7) is 1.46. The molecule has 1 N–H and O–H groups in total. The van der Waals surface area contributed by atoms with Gasteiger partial charge in [-0.15, -0.1) is 10.2 Å². The van der Waals surface area contributed by atoms with Crippen LogP contribution in [0.4, 0.5) is 0 Å². The molecule has 2 saturated carbocycles. The molecule has 1 aromatic heterocycles. The highest BCUT2D eigenvalue weighted by Gasteiger charge is 2.38. The molecule has 0 aromatic carbocycles. The molecule has 0 amide bonds. The van der Waals surface area contributed by atoms with Gasteiger partial charge in [-0.25, -0.2) is 4.79 Å². The second-order valence-corrected chi connectivity index (χ2v) is 6.71. The Labute approximate surface area is 121 Å². The lowest BCUT2D eigenvalue weighted by molar-refractivity contribution is -0.158. The maximum absolute atomic E-state index is 11.5. The van der Waals surface area contributed by atoms with Crippen LogP contribution in [0.2, 0.25) is 0 Å². The number of ether oxygens (including phenoxy) is 1. The maximum Gasteiger partial charge on any atom is 0.338 e. The van der Waals surface area contributed by atoms with E-state index >= 15 is 0 Å². The van der Waals surface area contributed by atoms with Crippen molar-refractivity contribution in [3.05, 3.63) is 5.82 Å². The summed E-state index contributed by atoms with van der Waals surface area (Å²) in [5.41, 5.74) is -1.50. The summed E-state index contributed by atoms with van der Waals surface area (Å²) < 4.78 is 6.81. The van der Waals surface area contributed by atoms with E-state index in [4.69, 9.17) is 0 Å². The number of methoxy groups -OCH3 is 1. The summed E-state index contributed by atoms with van der Waals surface area (Å²) in [6.07, 6.45) is 4.71. The van der Waals surface area contributed by atoms with Crippen LogP contribution in [-0.2, 0) is 9.53 Å². The topological polar surface area (TPSA) is 77.2 Å². The van der Waals surface area contributed by atoms with Crippen molar-refractivity contribution in [3.8, 4) is 0 Å². The van der Waals surface area contributed by atoms with Gasteiger partial charge in [-0.1, -0.05) is 11.8 Å². The van der Waals surface area contributed by atoms with Crippen molar-refractivity contribution in [2.75, 3.05) is 12.9 Å². The highest BCUT2D eigenvalue weighted by Crippen LogP contribution is 2.46. The zero-order valence-electron chi connectivity index (χ0n) is 11.7. The van der Waals surface area contributed by atoms with Gasteiger partial charge in [-0.05, 0) is 32.6 Å². The molecule has 2 aliphatic rings. The van der Waals surface area contributed by atoms with Crippen LogP contribution in [0.1, 0.15) is 50.4 Å². The molecule has 2 aliphatic carbocycles. The van der Waals surface area contributed by atoms with Gasteiger partial charge in [-0.3, -0.25) is 0 Å². The van der Waals surface area contributed by atoms with Crippen molar-refractivity contribution in [3.63, 3.8) is 0 Å². The number of carbonyl (C=O) groups is 1. The van der Waals surface area contributed by atoms with Crippen molar-refractivity contribution in [2.24, 2.45) is 0 Å². The lowest BCUT2D eigenvalue weighted by atomic mass is 10.1. The van der Waals surface area contributed by atoms with Crippen LogP contribution in [0.15, 0.2) is 5.16 Å². The second-order valence-electron chi connectivity index (χ2n) is 5.77. The number of aromatic nitrogens is 3. The summed E-state index contributed by atoms with van der Waals surface area (Å²) in [7, 11) is 1.28. The van der Waals surface area contributed by atoms with Gasteiger partial charge < -0.3 is 14.4 Å². The van der Waals surface area contributed by atoms with Gasteiger partial charge in [0.25, 0.3) is 0 Å². The van der Waals surface area contributed by atoms with Crippen LogP contribution in [0, 0.1) is 0 Å². The third-order valence-corrected chi connectivity index (χ3v) is 4.90. The lowest BCUT2D eigenvalue weighted by Gasteiger charge is -2.19. The average molecular weight is 297 g/mol. The molecular formula is C13H19N3O3S. The Bertz CT molecular complexity index is 521. The van der Waals surface area contributed by atoms with E-state index < -0.39 is 11.6 Å². The lowest BCUT2D eigenvalue weighted by Crippen LogP contribution is -2.38. The fraction of sp³-hybridized carbons (Fsp3) is 0.769. The molecule has 1 atom stereocenters. The Morgan fingerprint density at radius 2 is 2.15 bits per heavy atom. The van der Waals surface area contributed by atoms with Crippen molar-refractivity contribution < 1.29 is 14.6 Å². The van der Waals surface area contributed by atoms with Crippen LogP contribution < -0.4 is 0 Å². The molecule has 7 heteroatoms. The molecule has 1 unspecified atom stereocenters. The maximum atomic E-state index is 11.5. The minimum Gasteiger partial charge on any atom is -0.467 e. The minimum absolute atomic E-state index is 0.217. The number of carbonyl (C=O) groups excluding carboxylic acids is 1. The molecule has 0 saturated heterocycles. The van der Waals surface area contributed by atoms with E-state index in [0.717, 1.165) is 11.0 Å². The van der Waals surface area contributed by atoms with Gasteiger partial charge in [0.1, 0.15) is 5.82 Å². The van der Waals surface area contributed by atoms with Crippen molar-refractivity contribution in [2.45, 2.75) is 55.3 Å². The van der Waals surface area contributed by atoms with Gasteiger partial charge in [0.05, 0.1) is 7.11 Å². The van der Waals surface area contributed by atoms with Crippen LogP contribution in [0.5, 0.6) is 0 Å². The number of hydrogen-bond acceptors (Lipinski definition) is 6. The van der Waals surface area contributed by atoms with Gasteiger partial charge in [0.2, 0.25) is 0 Å². The Balaban J connectivity index is 1.73. The largest absolute Gasteiger partial charge is 0.467 e. The number of nitrogens with zero attached hydrogens (tertiary/aromatic N) is 3. The molecule has 0 spiro atoms. The molecule has 0 bridgehead atoms. The van der Waals surface area contributed by atoms with E-state index in [-0.39, 0.29) is 5.75 Å². The normalized spacial score (nSPS) is 21.6. The molecular weight excluding hydrogens is 278 g/mol. The smallest absolute Gasteiger partial charge is 0.338 e. The number of rotatable bonds is 6. The fourth-order valence-electron chi connectivity index (χ4n) is 2.17. The molecule has 1 aromatic rings. The van der Waals surface area contributed by atoms with Crippen LogP contribution in [0.3, 0.4) is 0 Å². The number of hydrogen-bond donors (Lipinski definition) is 1. The summed E-state index contributed by atoms with van der Waals surface area (Å²) in [5.74, 6) is 1.23. The molecule has 110 valence electrons. The van der Waals surface area contributed by atoms with E-state index in [1.165, 1.54) is 51.5 Å². The third-order valence-electron chi connectivity index (χ3n) is 3.65. The summed E-state index contributed by atoms with van der Waals surface area (Å²) >= 11 is 1.37. The van der Waals surface area contributed by atoms with Gasteiger partial charge in [-0.2, -0.15) is 0 Å². The highest BCUT2D eigenvalue weighted by molar-refractivity contribution is 7.99. The molecule has 0 aliphatic heterocycles. The predicted molar refractivity (Wildman–Crippen MR) is 73.6 cm³/mol. The predicted octanol–water partition coefficient (Wildman–Crippen LogP) is 1.51. The summed E-state index contributed by atoms with van der Waals surface area (Å²) in [4.78, 5) is 11.5. The summed E-state index contributed by atoms with van der Waals surface area (Å²) in [5, 5.41) is 19.4. The quantitative estimate of drug-likeness (QED) is 0.633. The van der Waals surface area contributed by atoms with E-state index in [1.54, 1.807) is 0 Å². The second kappa shape index (κ2) is 5.04. The first kappa shape index (κ1) is 13.9. The Kier molecular flexibility index (Phi) is 3.50. The standard InChI is InChI=1S/C13H19N3O3S/c1-13(18,11(17)19-2)7-20-12-15-14-10(8-3-4-8)16(12)9-5-6-9/h8-9,18H,3-7H2,1-2H3. The molecule has 2 fully saturated rings. The van der Waals surface area contributed by atoms with E-state index in [2.05, 4.69) is 19.5 Å². The van der Waals surface area contributed by atoms with E-state index in [0.29, 0.717) is 12.0 Å². The molecule has 3 rings (SSSR count). The van der Waals surface area contributed by atoms with E-state index in [1.807, 2.05) is 0 Å². The first-order valence-electron chi connectivity index (χ1n) is 6.91. The minimum atomic E-state index is -1.50. The van der Waals surface area contributed by atoms with Crippen molar-refractivity contribution in [1.29, 1.82) is 0 Å². The average Bonchev–Trinajstić information content (AvgIpc) is 3.34. The first-order valence-corrected chi connectivity index (χ1v) is 7.90. The SMILES string of the molecule is COC(=O)C(C)(O)CSc1nnc(C2CC2)n1C1CC1. The van der Waals surface area contributed by atoms with E-state index in [9.17, 15) is 9.90 Å². The number of thioether (sulfide) groups is 1. The summed E-state index contributed by atoms with van der Waals surface area (Å²) in [6, 6.07) is 0.506. The number of aliphatic hydroxyl groups is 1. The van der Waals surface area contributed by atoms with Crippen molar-refractivity contribution in [1.82, 2.24) is 14.8 Å². The Morgan fingerprint density at radius 1 is 1.45 bits per heavy atom. The Morgan fingerprint density at radius 3 is 2.70 bits per heavy atom. The van der Waals surface area contributed by atoms with Gasteiger partial charge in [0.15, 0.2) is 10.8 Å². The van der Waals surface area contributed by atoms with Crippen LogP contribution in [-0.4, -0.2) is 44.3 Å². The van der Waals surface area contributed by atoms with Crippen LogP contribution >= 0.6 is 11.8 Å². The zero-order valence-corrected chi connectivity index (χ0v) is 12.5. The zero-order chi connectivity index (χ0) is 14.3. The van der Waals surface area contributed by atoms with Crippen LogP contribution in [0.25, 0.3) is 0 Å². The molecule has 20 heavy (non-hydrogen) atoms. The highest BCUT2D eigenvalue weighted by atomic mass is 32.2. The fourth-order valence-corrected chi connectivity index (χ4v) is 3.17. The molecule has 0 radical (unpaired) electrons. The molecule has 1 heterocycles. The van der Waals surface area contributed by atoms with Crippen molar-refractivity contribution >= 4 is 17.7 Å².